The summed E-state index contributed by atoms with van der Waals surface area (Å²) in [7, 11) is 1.57. The van der Waals surface area contributed by atoms with E-state index in [1.165, 1.54) is 12.1 Å². The molecule has 1 amide bonds. The number of carbonyl (C=O) groups is 1. The number of methoxy groups -OCH3 is 1. The Labute approximate surface area is 172 Å². The molecule has 0 aliphatic carbocycles. The summed E-state index contributed by atoms with van der Waals surface area (Å²) < 4.78 is 10.4. The third-order valence-corrected chi connectivity index (χ3v) is 4.57. The summed E-state index contributed by atoms with van der Waals surface area (Å²) >= 11 is 5.22. The van der Waals surface area contributed by atoms with Crippen LogP contribution in [-0.2, 0) is 4.74 Å². The molecule has 1 saturated heterocycles. The number of nitro groups is 1. The molecule has 2 aromatic rings. The monoisotopic (exact) mass is 416 g/mol. The highest BCUT2D eigenvalue weighted by atomic mass is 32.1. The Morgan fingerprint density at radius 3 is 2.52 bits per heavy atom. The molecule has 152 valence electrons. The fraction of sp³-hybridized carbons (Fsp3) is 0.263. The SMILES string of the molecule is COc1ccc(NC(=S)NC(=O)c2cc([N+](=O)[O-])ccc2N2CCOCC2)cc1. The maximum atomic E-state index is 12.8. The minimum absolute atomic E-state index is 0.0830. The van der Waals surface area contributed by atoms with Gasteiger partial charge in [0.1, 0.15) is 5.75 Å². The summed E-state index contributed by atoms with van der Waals surface area (Å²) in [5.74, 6) is 0.165. The van der Waals surface area contributed by atoms with Gasteiger partial charge in [-0.25, -0.2) is 0 Å². The average Bonchev–Trinajstić information content (AvgIpc) is 2.74. The van der Waals surface area contributed by atoms with Gasteiger partial charge in [-0.15, -0.1) is 0 Å². The lowest BCUT2D eigenvalue weighted by molar-refractivity contribution is -0.384. The number of benzene rings is 2. The molecule has 0 aromatic heterocycles. The van der Waals surface area contributed by atoms with Gasteiger partial charge in [-0.3, -0.25) is 20.2 Å². The van der Waals surface area contributed by atoms with E-state index in [0.717, 1.165) is 0 Å². The van der Waals surface area contributed by atoms with Gasteiger partial charge in [-0.05, 0) is 42.5 Å². The van der Waals surface area contributed by atoms with Crippen molar-refractivity contribution in [3.8, 4) is 5.75 Å². The van der Waals surface area contributed by atoms with Crippen LogP contribution in [0.3, 0.4) is 0 Å². The summed E-state index contributed by atoms with van der Waals surface area (Å²) in [6, 6.07) is 11.2. The quantitative estimate of drug-likeness (QED) is 0.435. The van der Waals surface area contributed by atoms with Gasteiger partial charge in [-0.2, -0.15) is 0 Å². The Morgan fingerprint density at radius 2 is 1.90 bits per heavy atom. The Morgan fingerprint density at radius 1 is 1.21 bits per heavy atom. The zero-order valence-electron chi connectivity index (χ0n) is 15.7. The predicted octanol–water partition coefficient (Wildman–Crippen LogP) is 2.57. The third kappa shape index (κ3) is 5.18. The maximum absolute atomic E-state index is 12.8. The van der Waals surface area contributed by atoms with Crippen LogP contribution < -0.4 is 20.3 Å². The number of carbonyl (C=O) groups excluding carboxylic acids is 1. The highest BCUT2D eigenvalue weighted by Gasteiger charge is 2.22. The molecule has 1 aliphatic rings. The molecule has 29 heavy (non-hydrogen) atoms. The third-order valence-electron chi connectivity index (χ3n) is 4.36. The first-order chi connectivity index (χ1) is 14.0. The first-order valence-corrected chi connectivity index (χ1v) is 9.26. The molecule has 1 aliphatic heterocycles. The fourth-order valence-corrected chi connectivity index (χ4v) is 3.12. The standard InChI is InChI=1S/C19H20N4O5S/c1-27-15-5-2-13(3-6-15)20-19(29)21-18(24)16-12-14(23(25)26)4-7-17(16)22-8-10-28-11-9-22/h2-7,12H,8-11H2,1H3,(H2,20,21,24,29). The number of amides is 1. The lowest BCUT2D eigenvalue weighted by Gasteiger charge is -2.30. The van der Waals surface area contributed by atoms with Crippen LogP contribution in [0.5, 0.6) is 5.75 Å². The molecule has 0 atom stereocenters. The van der Waals surface area contributed by atoms with E-state index in [0.29, 0.717) is 43.4 Å². The summed E-state index contributed by atoms with van der Waals surface area (Å²) in [5, 5.41) is 16.7. The minimum Gasteiger partial charge on any atom is -0.497 e. The second-order valence-electron chi connectivity index (χ2n) is 6.19. The second-order valence-corrected chi connectivity index (χ2v) is 6.60. The lowest BCUT2D eigenvalue weighted by atomic mass is 10.1. The summed E-state index contributed by atoms with van der Waals surface area (Å²) in [6.45, 7) is 2.23. The zero-order chi connectivity index (χ0) is 20.8. The van der Waals surface area contributed by atoms with Crippen molar-refractivity contribution in [2.24, 2.45) is 0 Å². The van der Waals surface area contributed by atoms with Crippen molar-refractivity contribution >= 4 is 40.3 Å². The van der Waals surface area contributed by atoms with Crippen LogP contribution in [0, 0.1) is 10.1 Å². The molecule has 0 unspecified atom stereocenters. The van der Waals surface area contributed by atoms with E-state index in [9.17, 15) is 14.9 Å². The van der Waals surface area contributed by atoms with Gasteiger partial charge in [0.05, 0.1) is 36.5 Å². The number of rotatable bonds is 5. The summed E-state index contributed by atoms with van der Waals surface area (Å²) in [5.41, 5.74) is 1.29. The number of anilines is 2. The van der Waals surface area contributed by atoms with Crippen molar-refractivity contribution in [2.45, 2.75) is 0 Å². The van der Waals surface area contributed by atoms with Crippen molar-refractivity contribution in [3.63, 3.8) is 0 Å². The number of nitro benzene ring substituents is 1. The van der Waals surface area contributed by atoms with Crippen molar-refractivity contribution in [1.82, 2.24) is 5.32 Å². The smallest absolute Gasteiger partial charge is 0.270 e. The molecule has 3 rings (SSSR count). The number of non-ortho nitro benzene ring substituents is 1. The number of nitrogens with zero attached hydrogens (tertiary/aromatic N) is 2. The molecule has 1 heterocycles. The topological polar surface area (TPSA) is 106 Å². The Bertz CT molecular complexity index is 913. The molecule has 10 heteroatoms. The van der Waals surface area contributed by atoms with Crippen LogP contribution in [0.15, 0.2) is 42.5 Å². The number of thiocarbonyl (C=S) groups is 1. The van der Waals surface area contributed by atoms with Gasteiger partial charge >= 0.3 is 0 Å². The fourth-order valence-electron chi connectivity index (χ4n) is 2.91. The Hall–Kier alpha value is -3.24. The van der Waals surface area contributed by atoms with Crippen LogP contribution in [0.25, 0.3) is 0 Å². The predicted molar refractivity (Wildman–Crippen MR) is 113 cm³/mol. The molecule has 0 saturated carbocycles. The van der Waals surface area contributed by atoms with Gasteiger partial charge in [0.25, 0.3) is 11.6 Å². The van der Waals surface area contributed by atoms with E-state index in [4.69, 9.17) is 21.7 Å². The average molecular weight is 416 g/mol. The minimum atomic E-state index is -0.534. The number of morpholine rings is 1. The van der Waals surface area contributed by atoms with E-state index >= 15 is 0 Å². The Balaban J connectivity index is 1.77. The van der Waals surface area contributed by atoms with Crippen LogP contribution in [0.2, 0.25) is 0 Å². The van der Waals surface area contributed by atoms with E-state index in [1.54, 1.807) is 37.4 Å². The maximum Gasteiger partial charge on any atom is 0.270 e. The van der Waals surface area contributed by atoms with Gasteiger partial charge in [0.2, 0.25) is 0 Å². The zero-order valence-corrected chi connectivity index (χ0v) is 16.5. The molecule has 9 nitrogen and oxygen atoms in total. The molecule has 0 radical (unpaired) electrons. The molecular weight excluding hydrogens is 396 g/mol. The molecule has 2 aromatic carbocycles. The van der Waals surface area contributed by atoms with Crippen LogP contribution >= 0.6 is 12.2 Å². The van der Waals surface area contributed by atoms with Crippen LogP contribution in [0.1, 0.15) is 10.4 Å². The molecular formula is C19H20N4O5S. The molecule has 1 fully saturated rings. The van der Waals surface area contributed by atoms with Crippen molar-refractivity contribution < 1.29 is 19.2 Å². The van der Waals surface area contributed by atoms with Gasteiger partial charge in [0, 0.05) is 30.9 Å². The number of hydrogen-bond acceptors (Lipinski definition) is 7. The number of hydrogen-bond donors (Lipinski definition) is 2. The molecule has 2 N–H and O–H groups in total. The largest absolute Gasteiger partial charge is 0.497 e. The van der Waals surface area contributed by atoms with Crippen molar-refractivity contribution in [3.05, 3.63) is 58.1 Å². The summed E-state index contributed by atoms with van der Waals surface area (Å²) in [4.78, 5) is 25.4. The molecule has 0 spiro atoms. The van der Waals surface area contributed by atoms with Crippen molar-refractivity contribution in [1.29, 1.82) is 0 Å². The van der Waals surface area contributed by atoms with Gasteiger partial charge in [-0.1, -0.05) is 0 Å². The van der Waals surface area contributed by atoms with Crippen molar-refractivity contribution in [2.75, 3.05) is 43.6 Å². The number of nitrogens with one attached hydrogen (secondary N) is 2. The highest BCUT2D eigenvalue weighted by molar-refractivity contribution is 7.80. The van der Waals surface area contributed by atoms with E-state index in [2.05, 4.69) is 10.6 Å². The van der Waals surface area contributed by atoms with Crippen LogP contribution in [-0.4, -0.2) is 49.4 Å². The van der Waals surface area contributed by atoms with Gasteiger partial charge < -0.3 is 19.7 Å². The lowest BCUT2D eigenvalue weighted by Crippen LogP contribution is -2.39. The second kappa shape index (κ2) is 9.30. The highest BCUT2D eigenvalue weighted by Crippen LogP contribution is 2.26. The van der Waals surface area contributed by atoms with E-state index in [1.807, 2.05) is 4.90 Å². The summed E-state index contributed by atoms with van der Waals surface area (Å²) in [6.07, 6.45) is 0. The normalized spacial score (nSPS) is 13.5. The van der Waals surface area contributed by atoms with E-state index in [-0.39, 0.29) is 16.4 Å². The first-order valence-electron chi connectivity index (χ1n) is 8.85. The Kier molecular flexibility index (Phi) is 6.57. The molecule has 0 bridgehead atoms. The van der Waals surface area contributed by atoms with Gasteiger partial charge in [0.15, 0.2) is 5.11 Å². The number of ether oxygens (including phenoxy) is 2. The van der Waals surface area contributed by atoms with Crippen LogP contribution in [0.4, 0.5) is 17.1 Å². The van der Waals surface area contributed by atoms with E-state index < -0.39 is 10.8 Å². The first kappa shape index (κ1) is 20.5.